The number of rotatable bonds is 16. The highest BCUT2D eigenvalue weighted by atomic mass is 16.5. The third-order valence-corrected chi connectivity index (χ3v) is 9.68. The molecule has 3 heterocycles. The van der Waals surface area contributed by atoms with Gasteiger partial charge in [-0.2, -0.15) is 0 Å². The van der Waals surface area contributed by atoms with Gasteiger partial charge in [0.25, 0.3) is 0 Å². The van der Waals surface area contributed by atoms with Crippen LogP contribution in [0.4, 0.5) is 0 Å². The van der Waals surface area contributed by atoms with Crippen molar-refractivity contribution in [2.24, 2.45) is 0 Å². The van der Waals surface area contributed by atoms with Crippen molar-refractivity contribution in [3.8, 4) is 0 Å². The summed E-state index contributed by atoms with van der Waals surface area (Å²) in [5.74, 6) is -0.294. The summed E-state index contributed by atoms with van der Waals surface area (Å²) < 4.78 is 11.8. The first-order chi connectivity index (χ1) is 24.3. The molecule has 274 valence electrons. The summed E-state index contributed by atoms with van der Waals surface area (Å²) in [5.41, 5.74) is 5.73. The molecule has 7 nitrogen and oxygen atoms in total. The van der Waals surface area contributed by atoms with Crippen LogP contribution in [0.1, 0.15) is 126 Å². The fourth-order valence-corrected chi connectivity index (χ4v) is 6.58. The van der Waals surface area contributed by atoms with Gasteiger partial charge in [0, 0.05) is 52.0 Å². The topological polar surface area (TPSA) is 90.4 Å². The molecule has 1 saturated heterocycles. The Balaban J connectivity index is 0.000000241. The molecule has 0 radical (unpaired) electrons. The third-order valence-electron chi connectivity index (χ3n) is 9.68. The minimum atomic E-state index is -0.294. The number of aromatic amines is 1. The van der Waals surface area contributed by atoms with Gasteiger partial charge in [0.2, 0.25) is 0 Å². The van der Waals surface area contributed by atoms with Gasteiger partial charge in [-0.1, -0.05) is 102 Å². The van der Waals surface area contributed by atoms with Crippen LogP contribution in [0.3, 0.4) is 0 Å². The quantitative estimate of drug-likeness (QED) is 0.0936. The summed E-state index contributed by atoms with van der Waals surface area (Å²) in [4.78, 5) is 40.3. The SMILES string of the molecule is C1CCOC1.CCCCCCCCc1[nH]c2ccccc2c(=O)c1C.CCCCCCCCc1c(C)c(=O)c2ccccc2n1CC(=O)OC. The van der Waals surface area contributed by atoms with Crippen LogP contribution in [0.15, 0.2) is 58.1 Å². The van der Waals surface area contributed by atoms with Gasteiger partial charge >= 0.3 is 5.97 Å². The van der Waals surface area contributed by atoms with Gasteiger partial charge in [-0.3, -0.25) is 14.4 Å². The number of aromatic nitrogens is 2. The standard InChI is InChI=1S/C21H29NO3.C18H25NO.C4H8O/c1-4-5-6-7-8-9-13-18-16(2)21(24)17-12-10-11-14-19(17)22(18)15-20(23)25-3;1-3-4-5-6-7-8-12-16-14(2)18(20)15-11-9-10-13-17(15)19-16;1-2-4-5-3-1/h10-12,14H,4-9,13,15H2,1-3H3;9-11,13H,3-8,12H2,1-2H3,(H,19,20);1-4H2. The number of H-pyrrole nitrogens is 1. The Morgan fingerprint density at radius 2 is 1.26 bits per heavy atom. The minimum absolute atomic E-state index is 0.0673. The second-order valence-electron chi connectivity index (χ2n) is 13.5. The van der Waals surface area contributed by atoms with E-state index in [9.17, 15) is 14.4 Å². The van der Waals surface area contributed by atoms with Crippen molar-refractivity contribution in [3.05, 3.63) is 91.5 Å². The Labute approximate surface area is 299 Å². The van der Waals surface area contributed by atoms with Crippen LogP contribution in [-0.2, 0) is 33.7 Å². The molecule has 2 aromatic carbocycles. The average molecular weight is 687 g/mol. The Bertz CT molecular complexity index is 1710. The van der Waals surface area contributed by atoms with Gasteiger partial charge < -0.3 is 19.0 Å². The second kappa shape index (κ2) is 22.9. The number of unbranched alkanes of at least 4 members (excludes halogenated alkanes) is 10. The van der Waals surface area contributed by atoms with Crippen LogP contribution in [0.5, 0.6) is 0 Å². The first-order valence-electron chi connectivity index (χ1n) is 19.2. The highest BCUT2D eigenvalue weighted by molar-refractivity contribution is 5.82. The normalized spacial score (nSPS) is 12.3. The lowest BCUT2D eigenvalue weighted by Gasteiger charge is -2.18. The molecule has 5 rings (SSSR count). The summed E-state index contributed by atoms with van der Waals surface area (Å²) >= 11 is 0. The van der Waals surface area contributed by atoms with E-state index in [1.165, 1.54) is 84.2 Å². The van der Waals surface area contributed by atoms with E-state index in [2.05, 4.69) is 18.8 Å². The zero-order valence-corrected chi connectivity index (χ0v) is 31.5. The van der Waals surface area contributed by atoms with E-state index >= 15 is 0 Å². The second-order valence-corrected chi connectivity index (χ2v) is 13.5. The number of para-hydroxylation sites is 2. The lowest BCUT2D eigenvalue weighted by atomic mass is 10.0. The van der Waals surface area contributed by atoms with Gasteiger partial charge in [-0.25, -0.2) is 0 Å². The van der Waals surface area contributed by atoms with Crippen molar-refractivity contribution in [1.29, 1.82) is 0 Å². The van der Waals surface area contributed by atoms with Crippen molar-refractivity contribution in [3.63, 3.8) is 0 Å². The Kier molecular flexibility index (Phi) is 18.6. The van der Waals surface area contributed by atoms with Crippen LogP contribution in [0.25, 0.3) is 21.8 Å². The fraction of sp³-hybridized carbons (Fsp3) is 0.558. The summed E-state index contributed by atoms with van der Waals surface area (Å²) in [7, 11) is 1.40. The number of hydrogen-bond donors (Lipinski definition) is 1. The number of carbonyl (C=O) groups excluding carboxylic acids is 1. The van der Waals surface area contributed by atoms with Crippen molar-refractivity contribution >= 4 is 27.8 Å². The number of aryl methyl sites for hydroxylation is 1. The summed E-state index contributed by atoms with van der Waals surface area (Å²) in [6.07, 6.45) is 19.2. The summed E-state index contributed by atoms with van der Waals surface area (Å²) in [6.45, 7) is 10.4. The van der Waals surface area contributed by atoms with Crippen LogP contribution in [0.2, 0.25) is 0 Å². The molecule has 0 bridgehead atoms. The lowest BCUT2D eigenvalue weighted by Crippen LogP contribution is -2.22. The Morgan fingerprint density at radius 1 is 0.720 bits per heavy atom. The number of fused-ring (bicyclic) bond motifs is 2. The smallest absolute Gasteiger partial charge is 0.325 e. The Morgan fingerprint density at radius 3 is 1.86 bits per heavy atom. The van der Waals surface area contributed by atoms with Gasteiger partial charge in [-0.15, -0.1) is 0 Å². The highest BCUT2D eigenvalue weighted by Gasteiger charge is 2.16. The van der Waals surface area contributed by atoms with E-state index < -0.39 is 0 Å². The lowest BCUT2D eigenvalue weighted by molar-refractivity contribution is -0.141. The maximum absolute atomic E-state index is 12.7. The maximum atomic E-state index is 12.7. The molecule has 0 aliphatic carbocycles. The molecule has 4 aromatic rings. The average Bonchev–Trinajstić information content (AvgIpc) is 3.74. The minimum Gasteiger partial charge on any atom is -0.468 e. The van der Waals surface area contributed by atoms with Crippen LogP contribution < -0.4 is 10.9 Å². The van der Waals surface area contributed by atoms with E-state index in [1.807, 2.05) is 66.9 Å². The molecule has 2 aromatic heterocycles. The summed E-state index contributed by atoms with van der Waals surface area (Å²) in [5, 5.41) is 1.47. The Hall–Kier alpha value is -3.71. The van der Waals surface area contributed by atoms with Gasteiger partial charge in [0.05, 0.1) is 12.6 Å². The van der Waals surface area contributed by atoms with Crippen molar-refractivity contribution in [2.75, 3.05) is 20.3 Å². The van der Waals surface area contributed by atoms with Gasteiger partial charge in [0.15, 0.2) is 10.9 Å². The zero-order chi connectivity index (χ0) is 36.1. The van der Waals surface area contributed by atoms with E-state index in [-0.39, 0.29) is 23.4 Å². The van der Waals surface area contributed by atoms with Gasteiger partial charge in [-0.05, 0) is 76.6 Å². The first-order valence-corrected chi connectivity index (χ1v) is 19.2. The third kappa shape index (κ3) is 12.6. The highest BCUT2D eigenvalue weighted by Crippen LogP contribution is 2.19. The molecule has 0 saturated carbocycles. The first kappa shape index (κ1) is 40.7. The van der Waals surface area contributed by atoms with Gasteiger partial charge in [0.1, 0.15) is 6.54 Å². The maximum Gasteiger partial charge on any atom is 0.325 e. The molecule has 1 N–H and O–H groups in total. The number of carbonyl (C=O) groups is 1. The molecular formula is C43H62N2O5. The molecule has 50 heavy (non-hydrogen) atoms. The molecule has 0 atom stereocenters. The van der Waals surface area contributed by atoms with Crippen LogP contribution >= 0.6 is 0 Å². The number of benzene rings is 2. The predicted molar refractivity (Wildman–Crippen MR) is 208 cm³/mol. The molecule has 1 aliphatic heterocycles. The van der Waals surface area contributed by atoms with Crippen LogP contribution in [-0.4, -0.2) is 35.8 Å². The number of esters is 1. The largest absolute Gasteiger partial charge is 0.468 e. The molecule has 0 amide bonds. The van der Waals surface area contributed by atoms with E-state index in [0.29, 0.717) is 5.39 Å². The molecular weight excluding hydrogens is 624 g/mol. The number of ether oxygens (including phenoxy) is 2. The zero-order valence-electron chi connectivity index (χ0n) is 31.5. The number of hydrogen-bond acceptors (Lipinski definition) is 5. The fourth-order valence-electron chi connectivity index (χ4n) is 6.58. The molecule has 1 fully saturated rings. The van der Waals surface area contributed by atoms with Crippen molar-refractivity contribution in [1.82, 2.24) is 9.55 Å². The number of nitrogens with zero attached hydrogens (tertiary/aromatic N) is 1. The van der Waals surface area contributed by atoms with E-state index in [4.69, 9.17) is 9.47 Å². The number of nitrogens with one attached hydrogen (secondary N) is 1. The van der Waals surface area contributed by atoms with E-state index in [0.717, 1.165) is 77.8 Å². The van der Waals surface area contributed by atoms with Crippen LogP contribution in [0, 0.1) is 13.8 Å². The molecule has 0 unspecified atom stereocenters. The predicted octanol–water partition coefficient (Wildman–Crippen LogP) is 9.92. The molecule has 7 heteroatoms. The van der Waals surface area contributed by atoms with Crippen molar-refractivity contribution in [2.45, 2.75) is 137 Å². The molecule has 0 spiro atoms. The van der Waals surface area contributed by atoms with E-state index in [1.54, 1.807) is 0 Å². The number of pyridine rings is 2. The summed E-state index contributed by atoms with van der Waals surface area (Å²) in [6, 6.07) is 15.3. The van der Waals surface area contributed by atoms with Crippen molar-refractivity contribution < 1.29 is 14.3 Å². The number of methoxy groups -OCH3 is 1. The molecule has 1 aliphatic rings. The monoisotopic (exact) mass is 686 g/mol.